The van der Waals surface area contributed by atoms with Crippen molar-refractivity contribution in [1.29, 1.82) is 0 Å². The number of nitrogens with one attached hydrogen (secondary N) is 1. The van der Waals surface area contributed by atoms with E-state index in [4.69, 9.17) is 4.42 Å². The third kappa shape index (κ3) is 3.05. The monoisotopic (exact) mass is 366 g/mol. The number of amides is 2. The van der Waals surface area contributed by atoms with Crippen LogP contribution in [0.1, 0.15) is 58.8 Å². The van der Waals surface area contributed by atoms with E-state index in [-0.39, 0.29) is 23.1 Å². The molecule has 1 N–H and O–H groups in total. The Labute approximate surface area is 159 Å². The van der Waals surface area contributed by atoms with Crippen LogP contribution in [0.15, 0.2) is 41.0 Å². The Balaban J connectivity index is 1.53. The lowest BCUT2D eigenvalue weighted by Gasteiger charge is -2.40. The summed E-state index contributed by atoms with van der Waals surface area (Å²) >= 11 is 0. The smallest absolute Gasteiger partial charge is 0.257 e. The van der Waals surface area contributed by atoms with Gasteiger partial charge < -0.3 is 14.6 Å². The van der Waals surface area contributed by atoms with Crippen molar-refractivity contribution < 1.29 is 14.0 Å². The molecule has 1 aromatic heterocycles. The fourth-order valence-corrected chi connectivity index (χ4v) is 4.92. The fourth-order valence-electron chi connectivity index (χ4n) is 4.92. The molecule has 27 heavy (non-hydrogen) atoms. The van der Waals surface area contributed by atoms with Gasteiger partial charge in [-0.2, -0.15) is 0 Å². The standard InChI is InChI=1S/C22H26N2O3/c1-15-17(7-12-27-15)21(26)24-10-8-22(9-11-24)14-16(13-20(25)23-2)18-5-3-4-6-19(18)22/h3-7,12,16H,8-11,13-14H2,1-2H3,(H,23,25)/t16-/m0/s1. The molecule has 2 aliphatic rings. The zero-order chi connectivity index (χ0) is 19.0. The Morgan fingerprint density at radius 1 is 1.22 bits per heavy atom. The molecule has 1 fully saturated rings. The summed E-state index contributed by atoms with van der Waals surface area (Å²) in [5.41, 5.74) is 3.43. The van der Waals surface area contributed by atoms with Crippen LogP contribution >= 0.6 is 0 Å². The summed E-state index contributed by atoms with van der Waals surface area (Å²) in [7, 11) is 1.70. The first-order valence-corrected chi connectivity index (χ1v) is 9.67. The van der Waals surface area contributed by atoms with Crippen LogP contribution in [0.3, 0.4) is 0 Å². The molecule has 1 aliphatic heterocycles. The summed E-state index contributed by atoms with van der Waals surface area (Å²) in [4.78, 5) is 26.7. The SMILES string of the molecule is CNC(=O)C[C@H]1CC2(CCN(C(=O)c3ccoc3C)CC2)c2ccccc21. The maximum atomic E-state index is 12.8. The number of hydrogen-bond donors (Lipinski definition) is 1. The molecule has 2 aromatic rings. The van der Waals surface area contributed by atoms with Gasteiger partial charge in [-0.05, 0) is 54.7 Å². The van der Waals surface area contributed by atoms with Gasteiger partial charge in [-0.15, -0.1) is 0 Å². The first kappa shape index (κ1) is 17.8. The summed E-state index contributed by atoms with van der Waals surface area (Å²) in [5.74, 6) is 1.09. The molecule has 1 atom stereocenters. The Hall–Kier alpha value is -2.56. The van der Waals surface area contributed by atoms with Crippen LogP contribution in [0.4, 0.5) is 0 Å². The maximum absolute atomic E-state index is 12.8. The number of furan rings is 1. The van der Waals surface area contributed by atoms with E-state index in [0.29, 0.717) is 17.7 Å². The Morgan fingerprint density at radius 2 is 1.96 bits per heavy atom. The molecule has 5 nitrogen and oxygen atoms in total. The number of fused-ring (bicyclic) bond motifs is 2. The number of benzene rings is 1. The molecule has 1 spiro atoms. The van der Waals surface area contributed by atoms with Crippen molar-refractivity contribution in [2.75, 3.05) is 20.1 Å². The topological polar surface area (TPSA) is 62.6 Å². The van der Waals surface area contributed by atoms with Crippen LogP contribution in [0.5, 0.6) is 0 Å². The largest absolute Gasteiger partial charge is 0.469 e. The predicted molar refractivity (Wildman–Crippen MR) is 103 cm³/mol. The second-order valence-corrected chi connectivity index (χ2v) is 7.83. The third-order valence-corrected chi connectivity index (χ3v) is 6.42. The quantitative estimate of drug-likeness (QED) is 0.906. The molecule has 1 aliphatic carbocycles. The van der Waals surface area contributed by atoms with Gasteiger partial charge >= 0.3 is 0 Å². The van der Waals surface area contributed by atoms with Crippen molar-refractivity contribution in [2.24, 2.45) is 0 Å². The fraction of sp³-hybridized carbons (Fsp3) is 0.455. The van der Waals surface area contributed by atoms with Gasteiger partial charge in [0.1, 0.15) is 5.76 Å². The number of piperidine rings is 1. The highest BCUT2D eigenvalue weighted by Gasteiger charge is 2.46. The van der Waals surface area contributed by atoms with Gasteiger partial charge in [-0.1, -0.05) is 24.3 Å². The molecule has 1 saturated heterocycles. The van der Waals surface area contributed by atoms with E-state index in [0.717, 1.165) is 32.4 Å². The molecule has 0 bridgehead atoms. The minimum atomic E-state index is 0.0595. The van der Waals surface area contributed by atoms with Gasteiger partial charge in [-0.3, -0.25) is 9.59 Å². The van der Waals surface area contributed by atoms with E-state index in [2.05, 4.69) is 29.6 Å². The minimum Gasteiger partial charge on any atom is -0.469 e. The number of nitrogens with zero attached hydrogens (tertiary/aromatic N) is 1. The van der Waals surface area contributed by atoms with Crippen LogP contribution in [0, 0.1) is 6.92 Å². The zero-order valence-electron chi connectivity index (χ0n) is 16.0. The van der Waals surface area contributed by atoms with Crippen LogP contribution in [0.25, 0.3) is 0 Å². The van der Waals surface area contributed by atoms with Crippen molar-refractivity contribution in [3.8, 4) is 0 Å². The molecule has 2 amide bonds. The third-order valence-electron chi connectivity index (χ3n) is 6.42. The normalized spacial score (nSPS) is 20.5. The summed E-state index contributed by atoms with van der Waals surface area (Å²) in [5, 5.41) is 2.76. The van der Waals surface area contributed by atoms with E-state index >= 15 is 0 Å². The molecule has 1 aromatic carbocycles. The number of hydrogen-bond acceptors (Lipinski definition) is 3. The molecule has 5 heteroatoms. The van der Waals surface area contributed by atoms with Crippen molar-refractivity contribution in [3.63, 3.8) is 0 Å². The van der Waals surface area contributed by atoms with Crippen LogP contribution < -0.4 is 5.32 Å². The van der Waals surface area contributed by atoms with Crippen molar-refractivity contribution in [1.82, 2.24) is 10.2 Å². The van der Waals surface area contributed by atoms with Crippen LogP contribution in [-0.2, 0) is 10.2 Å². The number of aryl methyl sites for hydroxylation is 1. The molecule has 0 radical (unpaired) electrons. The summed E-state index contributed by atoms with van der Waals surface area (Å²) in [6, 6.07) is 10.3. The van der Waals surface area contributed by atoms with E-state index < -0.39 is 0 Å². The number of rotatable bonds is 3. The lowest BCUT2D eigenvalue weighted by Crippen LogP contribution is -2.44. The molecule has 0 saturated carbocycles. The first-order valence-electron chi connectivity index (χ1n) is 9.67. The summed E-state index contributed by atoms with van der Waals surface area (Å²) in [6.45, 7) is 3.31. The average molecular weight is 366 g/mol. The van der Waals surface area contributed by atoms with E-state index in [1.165, 1.54) is 11.1 Å². The van der Waals surface area contributed by atoms with E-state index in [1.807, 2.05) is 11.8 Å². The highest BCUT2D eigenvalue weighted by molar-refractivity contribution is 5.95. The van der Waals surface area contributed by atoms with E-state index in [9.17, 15) is 9.59 Å². The van der Waals surface area contributed by atoms with Gasteiger partial charge in [0.15, 0.2) is 0 Å². The molecule has 2 heterocycles. The minimum absolute atomic E-state index is 0.0595. The second-order valence-electron chi connectivity index (χ2n) is 7.83. The molecular formula is C22H26N2O3. The van der Waals surface area contributed by atoms with Gasteiger partial charge in [0.05, 0.1) is 11.8 Å². The highest BCUT2D eigenvalue weighted by Crippen LogP contribution is 2.52. The number of carbonyl (C=O) groups excluding carboxylic acids is 2. The summed E-state index contributed by atoms with van der Waals surface area (Å²) in [6.07, 6.45) is 4.98. The first-order chi connectivity index (χ1) is 13.0. The Morgan fingerprint density at radius 3 is 2.63 bits per heavy atom. The Kier molecular flexibility index (Phi) is 4.54. The number of likely N-dealkylation sites (tertiary alicyclic amines) is 1. The van der Waals surface area contributed by atoms with Crippen molar-refractivity contribution in [2.45, 2.75) is 43.9 Å². The van der Waals surface area contributed by atoms with Crippen LogP contribution in [0.2, 0.25) is 0 Å². The predicted octanol–water partition coefficient (Wildman–Crippen LogP) is 3.39. The second kappa shape index (κ2) is 6.87. The van der Waals surface area contributed by atoms with E-state index in [1.54, 1.807) is 19.4 Å². The lowest BCUT2D eigenvalue weighted by atomic mass is 9.73. The zero-order valence-corrected chi connectivity index (χ0v) is 16.0. The van der Waals surface area contributed by atoms with Gasteiger partial charge in [0.2, 0.25) is 5.91 Å². The molecule has 4 rings (SSSR count). The van der Waals surface area contributed by atoms with Crippen LogP contribution in [-0.4, -0.2) is 36.9 Å². The number of carbonyl (C=O) groups is 2. The van der Waals surface area contributed by atoms with Crippen molar-refractivity contribution >= 4 is 11.8 Å². The highest BCUT2D eigenvalue weighted by atomic mass is 16.3. The van der Waals surface area contributed by atoms with Gasteiger partial charge in [0.25, 0.3) is 5.91 Å². The Bertz CT molecular complexity index is 862. The summed E-state index contributed by atoms with van der Waals surface area (Å²) < 4.78 is 5.29. The lowest BCUT2D eigenvalue weighted by molar-refractivity contribution is -0.121. The average Bonchev–Trinajstić information content (AvgIpc) is 3.24. The molecule has 142 valence electrons. The molecular weight excluding hydrogens is 340 g/mol. The van der Waals surface area contributed by atoms with Gasteiger partial charge in [0, 0.05) is 26.6 Å². The van der Waals surface area contributed by atoms with Crippen molar-refractivity contribution in [3.05, 3.63) is 59.0 Å². The maximum Gasteiger partial charge on any atom is 0.257 e. The molecule has 0 unspecified atom stereocenters. The van der Waals surface area contributed by atoms with Gasteiger partial charge in [-0.25, -0.2) is 0 Å².